The fourth-order valence-electron chi connectivity index (χ4n) is 4.10. The molecule has 0 bridgehead atoms. The number of aryl methyl sites for hydroxylation is 2. The van der Waals surface area contributed by atoms with Crippen molar-refractivity contribution >= 4 is 34.7 Å². The van der Waals surface area contributed by atoms with Gasteiger partial charge in [0.15, 0.2) is 5.58 Å². The van der Waals surface area contributed by atoms with Gasteiger partial charge in [0, 0.05) is 20.1 Å². The second-order valence-electron chi connectivity index (χ2n) is 8.74. The third-order valence-corrected chi connectivity index (χ3v) is 6.14. The van der Waals surface area contributed by atoms with Crippen LogP contribution in [0.2, 0.25) is 0 Å². The maximum atomic E-state index is 13.1. The number of rotatable bonds is 7. The number of carboxylic acid groups (broad SMARTS) is 1. The fourth-order valence-corrected chi connectivity index (χ4v) is 4.10. The van der Waals surface area contributed by atoms with Crippen molar-refractivity contribution in [2.45, 2.75) is 20.0 Å². The maximum Gasteiger partial charge on any atom is 0.419 e. The number of oxazole rings is 1. The molecular weight excluding hydrogens is 510 g/mol. The van der Waals surface area contributed by atoms with Crippen LogP contribution < -0.4 is 22.1 Å². The predicted octanol–water partition coefficient (Wildman–Crippen LogP) is 0.729. The van der Waals surface area contributed by atoms with Crippen molar-refractivity contribution in [3.63, 3.8) is 0 Å². The maximum absolute atomic E-state index is 13.1. The van der Waals surface area contributed by atoms with Crippen molar-refractivity contribution in [2.24, 2.45) is 7.05 Å². The van der Waals surface area contributed by atoms with Crippen LogP contribution in [0.25, 0.3) is 16.9 Å². The van der Waals surface area contributed by atoms with Gasteiger partial charge < -0.3 is 20.2 Å². The Kier molecular flexibility index (Phi) is 6.27. The van der Waals surface area contributed by atoms with Gasteiger partial charge in [0.25, 0.3) is 17.6 Å². The highest BCUT2D eigenvalue weighted by Gasteiger charge is 2.20. The van der Waals surface area contributed by atoms with Crippen LogP contribution in [0, 0.1) is 6.92 Å². The summed E-state index contributed by atoms with van der Waals surface area (Å²) < 4.78 is 7.39. The van der Waals surface area contributed by atoms with E-state index in [1.54, 1.807) is 44.3 Å². The van der Waals surface area contributed by atoms with Crippen molar-refractivity contribution < 1.29 is 23.9 Å². The summed E-state index contributed by atoms with van der Waals surface area (Å²) in [6.45, 7) is 1.77. The lowest BCUT2D eigenvalue weighted by Gasteiger charge is -2.10. The molecular formula is C25H21N7O7. The number of fused-ring (bicyclic) bond motifs is 2. The number of nitrogens with zero attached hydrogens (tertiary/aromatic N) is 4. The number of amides is 2. The summed E-state index contributed by atoms with van der Waals surface area (Å²) in [5.74, 6) is -3.03. The SMILES string of the molecule is Cc1cc(CNC(=O)c2cc(C(=O)NCc3ccc4oc(=O)n(C)c4c3)n3c(=O)[nH]nc3n2)ccc1C(=O)O. The van der Waals surface area contributed by atoms with E-state index in [1.165, 1.54) is 16.7 Å². The Morgan fingerprint density at radius 2 is 1.69 bits per heavy atom. The normalized spacial score (nSPS) is 11.1. The molecule has 14 heteroatoms. The quantitative estimate of drug-likeness (QED) is 0.234. The molecule has 0 spiro atoms. The zero-order valence-corrected chi connectivity index (χ0v) is 20.6. The van der Waals surface area contributed by atoms with Gasteiger partial charge in [-0.15, -0.1) is 5.10 Å². The van der Waals surface area contributed by atoms with E-state index < -0.39 is 29.2 Å². The first kappa shape index (κ1) is 25.1. The summed E-state index contributed by atoms with van der Waals surface area (Å²) >= 11 is 0. The molecule has 3 aromatic heterocycles. The summed E-state index contributed by atoms with van der Waals surface area (Å²) in [6, 6.07) is 10.8. The Labute approximate surface area is 217 Å². The Bertz CT molecular complexity index is 1910. The molecule has 198 valence electrons. The summed E-state index contributed by atoms with van der Waals surface area (Å²) in [5.41, 5.74) is 1.95. The molecule has 5 rings (SSSR count). The van der Waals surface area contributed by atoms with E-state index in [-0.39, 0.29) is 35.8 Å². The van der Waals surface area contributed by atoms with Crippen LogP contribution in [-0.4, -0.2) is 47.0 Å². The first-order valence-electron chi connectivity index (χ1n) is 11.6. The smallest absolute Gasteiger partial charge is 0.419 e. The van der Waals surface area contributed by atoms with Crippen LogP contribution >= 0.6 is 0 Å². The van der Waals surface area contributed by atoms with Crippen LogP contribution in [-0.2, 0) is 20.1 Å². The molecule has 2 amide bonds. The molecule has 2 aromatic carbocycles. The van der Waals surface area contributed by atoms with Crippen molar-refractivity contribution in [1.29, 1.82) is 0 Å². The largest absolute Gasteiger partial charge is 0.478 e. The summed E-state index contributed by atoms with van der Waals surface area (Å²) in [5, 5.41) is 20.5. The minimum Gasteiger partial charge on any atom is -0.478 e. The highest BCUT2D eigenvalue weighted by Crippen LogP contribution is 2.15. The Morgan fingerprint density at radius 3 is 2.41 bits per heavy atom. The molecule has 4 N–H and O–H groups in total. The topological polar surface area (TPSA) is 194 Å². The van der Waals surface area contributed by atoms with E-state index in [2.05, 4.69) is 25.8 Å². The van der Waals surface area contributed by atoms with Crippen LogP contribution in [0.15, 0.2) is 56.5 Å². The number of carboxylic acids is 1. The van der Waals surface area contributed by atoms with Crippen molar-refractivity contribution in [2.75, 3.05) is 0 Å². The van der Waals surface area contributed by atoms with E-state index in [0.29, 0.717) is 27.8 Å². The van der Waals surface area contributed by atoms with Gasteiger partial charge in [-0.05, 0) is 47.9 Å². The third-order valence-electron chi connectivity index (χ3n) is 6.14. The zero-order valence-electron chi connectivity index (χ0n) is 20.6. The standard InChI is InChI=1S/C25H21N7O7/c1-12-7-13(3-5-15(12)22(35)36)10-26-20(33)16-9-18(32-23(28-16)29-30-24(32)37)21(34)27-11-14-4-6-19-17(8-14)31(2)25(38)39-19/h3-9H,10-11H2,1-2H3,(H,26,33)(H,27,34)(H,30,37)(H,35,36). The van der Waals surface area contributed by atoms with E-state index >= 15 is 0 Å². The number of aromatic amines is 1. The van der Waals surface area contributed by atoms with Gasteiger partial charge in [-0.25, -0.2) is 28.9 Å². The highest BCUT2D eigenvalue weighted by molar-refractivity contribution is 5.98. The minimum absolute atomic E-state index is 0.0534. The van der Waals surface area contributed by atoms with Crippen molar-refractivity contribution in [1.82, 2.24) is 34.8 Å². The summed E-state index contributed by atoms with van der Waals surface area (Å²) in [7, 11) is 1.56. The highest BCUT2D eigenvalue weighted by atomic mass is 16.4. The first-order chi connectivity index (χ1) is 18.6. The van der Waals surface area contributed by atoms with E-state index in [4.69, 9.17) is 4.42 Å². The molecule has 39 heavy (non-hydrogen) atoms. The lowest BCUT2D eigenvalue weighted by atomic mass is 10.1. The van der Waals surface area contributed by atoms with Gasteiger partial charge in [-0.1, -0.05) is 18.2 Å². The molecule has 0 unspecified atom stereocenters. The number of benzene rings is 2. The van der Waals surface area contributed by atoms with E-state index in [9.17, 15) is 29.1 Å². The van der Waals surface area contributed by atoms with Gasteiger partial charge in [-0.2, -0.15) is 0 Å². The zero-order chi connectivity index (χ0) is 27.8. The average Bonchev–Trinajstić information content (AvgIpc) is 3.43. The molecule has 0 saturated carbocycles. The second kappa shape index (κ2) is 9.74. The van der Waals surface area contributed by atoms with E-state index in [0.717, 1.165) is 4.40 Å². The lowest BCUT2D eigenvalue weighted by molar-refractivity contribution is 0.0695. The number of hydrogen-bond acceptors (Lipinski definition) is 8. The number of H-pyrrole nitrogens is 1. The van der Waals surface area contributed by atoms with Crippen LogP contribution in [0.1, 0.15) is 48.0 Å². The molecule has 0 atom stereocenters. The third kappa shape index (κ3) is 4.77. The molecule has 0 aliphatic rings. The lowest BCUT2D eigenvalue weighted by Crippen LogP contribution is -2.30. The summed E-state index contributed by atoms with van der Waals surface area (Å²) in [6.07, 6.45) is 0. The van der Waals surface area contributed by atoms with Crippen molar-refractivity contribution in [3.8, 4) is 0 Å². The molecule has 0 aliphatic carbocycles. The number of hydrogen-bond donors (Lipinski definition) is 4. The number of nitrogens with one attached hydrogen (secondary N) is 3. The van der Waals surface area contributed by atoms with Crippen molar-refractivity contribution in [3.05, 3.63) is 97.1 Å². The molecule has 0 radical (unpaired) electrons. The van der Waals surface area contributed by atoms with Crippen LogP contribution in [0.4, 0.5) is 0 Å². The number of carbonyl (C=O) groups excluding carboxylic acids is 2. The van der Waals surface area contributed by atoms with Crippen LogP contribution in [0.3, 0.4) is 0 Å². The number of aromatic nitrogens is 5. The van der Waals surface area contributed by atoms with Gasteiger partial charge in [0.1, 0.15) is 11.4 Å². The molecule has 0 aliphatic heterocycles. The fraction of sp³-hybridized carbons (Fsp3) is 0.160. The molecule has 0 fully saturated rings. The van der Waals surface area contributed by atoms with Gasteiger partial charge in [0.2, 0.25) is 0 Å². The van der Waals surface area contributed by atoms with Gasteiger partial charge >= 0.3 is 17.4 Å². The molecule has 14 nitrogen and oxygen atoms in total. The van der Waals surface area contributed by atoms with Gasteiger partial charge in [-0.3, -0.25) is 14.2 Å². The minimum atomic E-state index is -1.05. The Balaban J connectivity index is 1.36. The first-order valence-corrected chi connectivity index (χ1v) is 11.6. The molecule has 5 aromatic rings. The average molecular weight is 531 g/mol. The predicted molar refractivity (Wildman–Crippen MR) is 136 cm³/mol. The monoisotopic (exact) mass is 531 g/mol. The second-order valence-corrected chi connectivity index (χ2v) is 8.74. The Morgan fingerprint density at radius 1 is 1.00 bits per heavy atom. The van der Waals surface area contributed by atoms with E-state index in [1.807, 2.05) is 0 Å². The number of carbonyl (C=O) groups is 3. The molecule has 3 heterocycles. The van der Waals surface area contributed by atoms with Crippen LogP contribution in [0.5, 0.6) is 0 Å². The van der Waals surface area contributed by atoms with Gasteiger partial charge in [0.05, 0.1) is 11.1 Å². The number of aromatic carboxylic acids is 1. The summed E-state index contributed by atoms with van der Waals surface area (Å²) in [4.78, 5) is 65.3. The molecule has 0 saturated heterocycles. The Hall–Kier alpha value is -5.53.